The lowest BCUT2D eigenvalue weighted by atomic mass is 10.0. The number of hydrogen-bond acceptors (Lipinski definition) is 1. The van der Waals surface area contributed by atoms with E-state index in [2.05, 4.69) is 40.2 Å². The molecule has 0 atom stereocenters. The highest BCUT2D eigenvalue weighted by Gasteiger charge is 2.04. The molecule has 0 spiro atoms. The molecule has 0 saturated heterocycles. The van der Waals surface area contributed by atoms with E-state index in [9.17, 15) is 5.11 Å². The summed E-state index contributed by atoms with van der Waals surface area (Å²) in [5, 5.41) is 11.9. The van der Waals surface area contributed by atoms with Crippen LogP contribution >= 0.6 is 15.9 Å². The molecule has 0 fully saturated rings. The molecular formula is C16H11BrO. The Kier molecular flexibility index (Phi) is 2.80. The fraction of sp³-hybridized carbons (Fsp3) is 0. The van der Waals surface area contributed by atoms with Crippen LogP contribution in [0.4, 0.5) is 0 Å². The Hall–Kier alpha value is -1.80. The minimum Gasteiger partial charge on any atom is -0.508 e. The Morgan fingerprint density at radius 3 is 2.44 bits per heavy atom. The van der Waals surface area contributed by atoms with Crippen LogP contribution in [0.25, 0.3) is 21.9 Å². The molecule has 3 rings (SSSR count). The molecule has 3 aromatic rings. The Labute approximate surface area is 114 Å². The monoisotopic (exact) mass is 298 g/mol. The molecule has 1 N–H and O–H groups in total. The molecule has 0 aliphatic rings. The van der Waals surface area contributed by atoms with Gasteiger partial charge in [-0.05, 0) is 46.2 Å². The normalized spacial score (nSPS) is 10.7. The van der Waals surface area contributed by atoms with E-state index in [0.717, 1.165) is 15.6 Å². The molecule has 0 bridgehead atoms. The summed E-state index contributed by atoms with van der Waals surface area (Å²) in [5.41, 5.74) is 2.11. The number of hydrogen-bond donors (Lipinski definition) is 1. The zero-order valence-corrected chi connectivity index (χ0v) is 11.2. The summed E-state index contributed by atoms with van der Waals surface area (Å²) in [5.74, 6) is 0.289. The molecule has 0 heterocycles. The Morgan fingerprint density at radius 1 is 0.778 bits per heavy atom. The van der Waals surface area contributed by atoms with Gasteiger partial charge in [-0.15, -0.1) is 0 Å². The summed E-state index contributed by atoms with van der Waals surface area (Å²) in [6, 6.07) is 19.8. The number of rotatable bonds is 1. The van der Waals surface area contributed by atoms with Gasteiger partial charge in [0, 0.05) is 4.47 Å². The van der Waals surface area contributed by atoms with Crippen LogP contribution in [0.5, 0.6) is 5.75 Å². The lowest BCUT2D eigenvalue weighted by molar-refractivity contribution is 0.475. The molecule has 18 heavy (non-hydrogen) atoms. The van der Waals surface area contributed by atoms with Gasteiger partial charge < -0.3 is 5.11 Å². The van der Waals surface area contributed by atoms with Crippen molar-refractivity contribution in [1.82, 2.24) is 0 Å². The predicted molar refractivity (Wildman–Crippen MR) is 78.7 cm³/mol. The molecule has 0 amide bonds. The van der Waals surface area contributed by atoms with Crippen LogP contribution in [0.1, 0.15) is 0 Å². The highest BCUT2D eigenvalue weighted by atomic mass is 79.9. The summed E-state index contributed by atoms with van der Waals surface area (Å²) in [4.78, 5) is 0. The molecule has 0 aromatic heterocycles. The summed E-state index contributed by atoms with van der Waals surface area (Å²) in [6.45, 7) is 0. The van der Waals surface area contributed by atoms with Crippen LogP contribution in [0.2, 0.25) is 0 Å². The molecule has 0 aliphatic carbocycles. The average molecular weight is 299 g/mol. The maximum absolute atomic E-state index is 9.55. The number of fused-ring (bicyclic) bond motifs is 1. The number of aromatic hydroxyl groups is 1. The highest BCUT2D eigenvalue weighted by Crippen LogP contribution is 2.31. The van der Waals surface area contributed by atoms with Gasteiger partial charge in [0.25, 0.3) is 0 Å². The highest BCUT2D eigenvalue weighted by molar-refractivity contribution is 9.10. The van der Waals surface area contributed by atoms with Gasteiger partial charge >= 0.3 is 0 Å². The van der Waals surface area contributed by atoms with E-state index in [1.807, 2.05) is 24.3 Å². The van der Waals surface area contributed by atoms with Crippen LogP contribution < -0.4 is 0 Å². The Morgan fingerprint density at radius 2 is 1.61 bits per heavy atom. The topological polar surface area (TPSA) is 20.2 Å². The van der Waals surface area contributed by atoms with Gasteiger partial charge in [-0.2, -0.15) is 0 Å². The van der Waals surface area contributed by atoms with E-state index in [-0.39, 0.29) is 5.75 Å². The van der Waals surface area contributed by atoms with Crippen LogP contribution in [0, 0.1) is 0 Å². The third-order valence-corrected chi connectivity index (χ3v) is 3.65. The van der Waals surface area contributed by atoms with Crippen molar-refractivity contribution >= 4 is 26.7 Å². The molecule has 88 valence electrons. The van der Waals surface area contributed by atoms with Crippen LogP contribution in [-0.4, -0.2) is 5.11 Å². The first-order valence-electron chi connectivity index (χ1n) is 5.72. The van der Waals surface area contributed by atoms with Crippen molar-refractivity contribution in [2.45, 2.75) is 0 Å². The van der Waals surface area contributed by atoms with Crippen molar-refractivity contribution in [3.63, 3.8) is 0 Å². The third-order valence-electron chi connectivity index (χ3n) is 2.99. The van der Waals surface area contributed by atoms with Crippen molar-refractivity contribution in [3.8, 4) is 16.9 Å². The van der Waals surface area contributed by atoms with Gasteiger partial charge in [0.1, 0.15) is 5.75 Å². The van der Waals surface area contributed by atoms with E-state index >= 15 is 0 Å². The van der Waals surface area contributed by atoms with Gasteiger partial charge in [0.05, 0.1) is 0 Å². The molecule has 0 radical (unpaired) electrons. The first kappa shape index (κ1) is 11.3. The molecule has 0 aliphatic heterocycles. The van der Waals surface area contributed by atoms with E-state index in [4.69, 9.17) is 0 Å². The van der Waals surface area contributed by atoms with Gasteiger partial charge in [0.2, 0.25) is 0 Å². The molecule has 0 unspecified atom stereocenters. The van der Waals surface area contributed by atoms with Gasteiger partial charge in [-0.1, -0.05) is 52.3 Å². The lowest BCUT2D eigenvalue weighted by Crippen LogP contribution is -1.81. The summed E-state index contributed by atoms with van der Waals surface area (Å²) in [7, 11) is 0. The third kappa shape index (κ3) is 2.00. The van der Waals surface area contributed by atoms with E-state index in [1.165, 1.54) is 10.8 Å². The molecule has 2 heteroatoms. The second-order valence-electron chi connectivity index (χ2n) is 4.23. The number of phenols is 1. The van der Waals surface area contributed by atoms with E-state index in [1.54, 1.807) is 12.1 Å². The minimum atomic E-state index is 0.289. The van der Waals surface area contributed by atoms with Gasteiger partial charge in [-0.25, -0.2) is 0 Å². The van der Waals surface area contributed by atoms with E-state index in [0.29, 0.717) is 0 Å². The first-order chi connectivity index (χ1) is 8.74. The van der Waals surface area contributed by atoms with Crippen LogP contribution in [0.3, 0.4) is 0 Å². The quantitative estimate of drug-likeness (QED) is 0.672. The summed E-state index contributed by atoms with van der Waals surface area (Å²) < 4.78 is 1.07. The minimum absolute atomic E-state index is 0.289. The SMILES string of the molecule is Oc1cccc(-c2cc(Br)c3ccccc3c2)c1. The van der Waals surface area contributed by atoms with Crippen molar-refractivity contribution in [2.75, 3.05) is 0 Å². The van der Waals surface area contributed by atoms with Crippen molar-refractivity contribution < 1.29 is 5.11 Å². The van der Waals surface area contributed by atoms with Crippen LogP contribution in [-0.2, 0) is 0 Å². The Balaban J connectivity index is 2.24. The second-order valence-corrected chi connectivity index (χ2v) is 5.08. The predicted octanol–water partition coefficient (Wildman–Crippen LogP) is 4.97. The van der Waals surface area contributed by atoms with Crippen LogP contribution in [0.15, 0.2) is 65.1 Å². The van der Waals surface area contributed by atoms with Gasteiger partial charge in [-0.3, -0.25) is 0 Å². The zero-order chi connectivity index (χ0) is 12.5. The number of halogens is 1. The average Bonchev–Trinajstić information content (AvgIpc) is 2.39. The first-order valence-corrected chi connectivity index (χ1v) is 6.51. The largest absolute Gasteiger partial charge is 0.508 e. The molecule has 3 aromatic carbocycles. The zero-order valence-electron chi connectivity index (χ0n) is 9.60. The number of phenolic OH excluding ortho intramolecular Hbond substituents is 1. The van der Waals surface area contributed by atoms with Crippen molar-refractivity contribution in [2.24, 2.45) is 0 Å². The maximum Gasteiger partial charge on any atom is 0.116 e. The maximum atomic E-state index is 9.55. The number of benzene rings is 3. The fourth-order valence-electron chi connectivity index (χ4n) is 2.12. The standard InChI is InChI=1S/C16H11BrO/c17-16-10-13(11-5-3-6-14(18)9-11)8-12-4-1-2-7-15(12)16/h1-10,18H. The van der Waals surface area contributed by atoms with Crippen molar-refractivity contribution in [3.05, 3.63) is 65.1 Å². The fourth-order valence-corrected chi connectivity index (χ4v) is 2.72. The van der Waals surface area contributed by atoms with E-state index < -0.39 is 0 Å². The molecule has 0 saturated carbocycles. The van der Waals surface area contributed by atoms with Crippen molar-refractivity contribution in [1.29, 1.82) is 0 Å². The molecule has 1 nitrogen and oxygen atoms in total. The Bertz CT molecular complexity index is 719. The lowest BCUT2D eigenvalue weighted by Gasteiger charge is -2.07. The molecular weight excluding hydrogens is 288 g/mol. The van der Waals surface area contributed by atoms with Gasteiger partial charge in [0.15, 0.2) is 0 Å². The second kappa shape index (κ2) is 4.46. The summed E-state index contributed by atoms with van der Waals surface area (Å²) in [6.07, 6.45) is 0. The summed E-state index contributed by atoms with van der Waals surface area (Å²) >= 11 is 3.60. The smallest absolute Gasteiger partial charge is 0.116 e.